The van der Waals surface area contributed by atoms with Crippen molar-refractivity contribution in [3.63, 3.8) is 0 Å². The normalized spacial score (nSPS) is 23.8. The lowest BCUT2D eigenvalue weighted by Gasteiger charge is -2.23. The molecule has 2 atom stereocenters. The second-order valence-electron chi connectivity index (χ2n) is 8.57. The van der Waals surface area contributed by atoms with Gasteiger partial charge in [-0.25, -0.2) is 0 Å². The molecule has 2 aliphatic carbocycles. The summed E-state index contributed by atoms with van der Waals surface area (Å²) in [6.07, 6.45) is 17.0. The number of hydrogen-bond donors (Lipinski definition) is 3. The van der Waals surface area contributed by atoms with Gasteiger partial charge in [-0.15, -0.1) is 0 Å². The van der Waals surface area contributed by atoms with Gasteiger partial charge in [0, 0.05) is 13.1 Å². The van der Waals surface area contributed by atoms with Gasteiger partial charge >= 0.3 is 0 Å². The summed E-state index contributed by atoms with van der Waals surface area (Å²) in [5.74, 6) is 0. The average Bonchev–Trinajstić information content (AvgIpc) is 2.60. The van der Waals surface area contributed by atoms with Crippen molar-refractivity contribution >= 4 is 0 Å². The van der Waals surface area contributed by atoms with Crippen molar-refractivity contribution in [1.82, 2.24) is 5.32 Å². The molecule has 0 aromatic carbocycles. The van der Waals surface area contributed by atoms with E-state index in [4.69, 9.17) is 9.47 Å². The van der Waals surface area contributed by atoms with Crippen LogP contribution in [0.3, 0.4) is 0 Å². The van der Waals surface area contributed by atoms with Crippen LogP contribution in [-0.2, 0) is 9.47 Å². The summed E-state index contributed by atoms with van der Waals surface area (Å²) >= 11 is 0. The second kappa shape index (κ2) is 14.7. The van der Waals surface area contributed by atoms with Crippen LogP contribution in [0.25, 0.3) is 0 Å². The molecule has 0 bridgehead atoms. The van der Waals surface area contributed by atoms with Gasteiger partial charge in [0.05, 0.1) is 37.6 Å². The molecule has 5 nitrogen and oxygen atoms in total. The second-order valence-corrected chi connectivity index (χ2v) is 8.57. The topological polar surface area (TPSA) is 71.0 Å². The third kappa shape index (κ3) is 11.4. The molecule has 2 rings (SSSR count). The van der Waals surface area contributed by atoms with E-state index < -0.39 is 12.2 Å². The Bertz CT molecular complexity index is 307. The highest BCUT2D eigenvalue weighted by Crippen LogP contribution is 2.20. The minimum atomic E-state index is -0.519. The average molecular weight is 386 g/mol. The number of aliphatic hydroxyl groups excluding tert-OH is 2. The summed E-state index contributed by atoms with van der Waals surface area (Å²) < 4.78 is 11.8. The molecule has 0 aromatic rings. The Labute approximate surface area is 166 Å². The van der Waals surface area contributed by atoms with Gasteiger partial charge in [-0.2, -0.15) is 0 Å². The van der Waals surface area contributed by atoms with E-state index in [9.17, 15) is 10.2 Å². The molecular formula is C22H43NO4. The summed E-state index contributed by atoms with van der Waals surface area (Å²) in [6.45, 7) is 1.67. The zero-order valence-corrected chi connectivity index (χ0v) is 17.2. The molecule has 0 radical (unpaired) electrons. The third-order valence-corrected chi connectivity index (χ3v) is 5.91. The summed E-state index contributed by atoms with van der Waals surface area (Å²) in [4.78, 5) is 0. The Morgan fingerprint density at radius 2 is 0.926 bits per heavy atom. The maximum absolute atomic E-state index is 10.1. The van der Waals surface area contributed by atoms with Crippen molar-refractivity contribution in [2.24, 2.45) is 0 Å². The van der Waals surface area contributed by atoms with Crippen molar-refractivity contribution in [1.29, 1.82) is 0 Å². The summed E-state index contributed by atoms with van der Waals surface area (Å²) in [7, 11) is 0. The van der Waals surface area contributed by atoms with Crippen LogP contribution in [0.15, 0.2) is 0 Å². The Morgan fingerprint density at radius 3 is 1.30 bits per heavy atom. The van der Waals surface area contributed by atoms with Gasteiger partial charge in [0.1, 0.15) is 0 Å². The lowest BCUT2D eigenvalue weighted by atomic mass is 9.98. The van der Waals surface area contributed by atoms with Gasteiger partial charge in [-0.1, -0.05) is 64.2 Å². The molecule has 0 aromatic heterocycles. The van der Waals surface area contributed by atoms with Gasteiger partial charge in [0.15, 0.2) is 0 Å². The van der Waals surface area contributed by atoms with Gasteiger partial charge in [0.25, 0.3) is 0 Å². The minimum Gasteiger partial charge on any atom is -0.389 e. The summed E-state index contributed by atoms with van der Waals surface area (Å²) in [6, 6.07) is 0. The van der Waals surface area contributed by atoms with Crippen LogP contribution in [0.1, 0.15) is 89.9 Å². The molecule has 2 unspecified atom stereocenters. The van der Waals surface area contributed by atoms with E-state index in [2.05, 4.69) is 5.32 Å². The largest absolute Gasteiger partial charge is 0.389 e. The molecule has 5 heteroatoms. The third-order valence-electron chi connectivity index (χ3n) is 5.91. The smallest absolute Gasteiger partial charge is 0.0897 e. The molecule has 2 fully saturated rings. The maximum atomic E-state index is 10.1. The lowest BCUT2D eigenvalue weighted by Crippen LogP contribution is -2.38. The lowest BCUT2D eigenvalue weighted by molar-refractivity contribution is -0.0268. The van der Waals surface area contributed by atoms with Gasteiger partial charge in [-0.05, 0) is 25.7 Å². The molecule has 2 saturated carbocycles. The molecule has 0 amide bonds. The molecule has 0 heterocycles. The molecule has 27 heavy (non-hydrogen) atoms. The van der Waals surface area contributed by atoms with Crippen molar-refractivity contribution in [3.05, 3.63) is 0 Å². The van der Waals surface area contributed by atoms with Crippen LogP contribution in [0.2, 0.25) is 0 Å². The number of hydrogen-bond acceptors (Lipinski definition) is 5. The Balaban J connectivity index is 1.48. The van der Waals surface area contributed by atoms with Crippen LogP contribution in [0, 0.1) is 0 Å². The molecule has 3 N–H and O–H groups in total. The van der Waals surface area contributed by atoms with E-state index in [0.29, 0.717) is 38.5 Å². The molecule has 0 saturated heterocycles. The van der Waals surface area contributed by atoms with Crippen LogP contribution in [-0.4, -0.2) is 60.9 Å². The number of nitrogens with one attached hydrogen (secondary N) is 1. The van der Waals surface area contributed by atoms with Gasteiger partial charge in [0.2, 0.25) is 0 Å². The van der Waals surface area contributed by atoms with E-state index in [-0.39, 0.29) is 0 Å². The first kappa shape index (κ1) is 23.1. The zero-order valence-electron chi connectivity index (χ0n) is 17.2. The minimum absolute atomic E-state index is 0.308. The van der Waals surface area contributed by atoms with E-state index in [0.717, 1.165) is 25.7 Å². The van der Waals surface area contributed by atoms with Crippen LogP contribution in [0.5, 0.6) is 0 Å². The molecule has 0 aliphatic heterocycles. The predicted molar refractivity (Wildman–Crippen MR) is 109 cm³/mol. The SMILES string of the molecule is OC(CNCC(O)COC1CCCCCCC1)COC1CCCCCCC1. The van der Waals surface area contributed by atoms with Crippen molar-refractivity contribution < 1.29 is 19.7 Å². The molecule has 2 aliphatic rings. The first-order valence-electron chi connectivity index (χ1n) is 11.5. The highest BCUT2D eigenvalue weighted by Gasteiger charge is 2.16. The van der Waals surface area contributed by atoms with Gasteiger partial charge in [-0.3, -0.25) is 0 Å². The fraction of sp³-hybridized carbons (Fsp3) is 1.00. The zero-order chi connectivity index (χ0) is 19.2. The Hall–Kier alpha value is -0.200. The van der Waals surface area contributed by atoms with E-state index in [1.165, 1.54) is 64.2 Å². The maximum Gasteiger partial charge on any atom is 0.0897 e. The number of ether oxygens (including phenoxy) is 2. The highest BCUT2D eigenvalue weighted by atomic mass is 16.5. The van der Waals surface area contributed by atoms with E-state index in [1.54, 1.807) is 0 Å². The van der Waals surface area contributed by atoms with Crippen LogP contribution < -0.4 is 5.32 Å². The molecular weight excluding hydrogens is 342 g/mol. The molecule has 0 spiro atoms. The fourth-order valence-electron chi connectivity index (χ4n) is 4.20. The first-order valence-corrected chi connectivity index (χ1v) is 11.5. The van der Waals surface area contributed by atoms with E-state index in [1.807, 2.05) is 0 Å². The quantitative estimate of drug-likeness (QED) is 0.536. The molecule has 160 valence electrons. The summed E-state index contributed by atoms with van der Waals surface area (Å²) in [5, 5.41) is 23.4. The van der Waals surface area contributed by atoms with Crippen LogP contribution >= 0.6 is 0 Å². The van der Waals surface area contributed by atoms with Crippen molar-refractivity contribution in [3.8, 4) is 0 Å². The van der Waals surface area contributed by atoms with Crippen molar-refractivity contribution in [2.45, 2.75) is 114 Å². The Kier molecular flexibility index (Phi) is 12.6. The Morgan fingerprint density at radius 1 is 0.593 bits per heavy atom. The standard InChI is InChI=1S/C22H43NO4/c24-19(17-26-21-11-7-3-1-4-8-12-21)15-23-16-20(25)18-27-22-13-9-5-2-6-10-14-22/h19-25H,1-18H2. The monoisotopic (exact) mass is 385 g/mol. The number of rotatable bonds is 10. The predicted octanol–water partition coefficient (Wildman–Crippen LogP) is 3.56. The number of aliphatic hydroxyl groups is 2. The first-order chi connectivity index (χ1) is 13.2. The van der Waals surface area contributed by atoms with Crippen molar-refractivity contribution in [2.75, 3.05) is 26.3 Å². The highest BCUT2D eigenvalue weighted by molar-refractivity contribution is 4.68. The van der Waals surface area contributed by atoms with E-state index >= 15 is 0 Å². The summed E-state index contributed by atoms with van der Waals surface area (Å²) in [5.41, 5.74) is 0. The van der Waals surface area contributed by atoms with Gasteiger partial charge < -0.3 is 25.0 Å². The fourth-order valence-corrected chi connectivity index (χ4v) is 4.20. The van der Waals surface area contributed by atoms with Crippen LogP contribution in [0.4, 0.5) is 0 Å².